The molecular weight excluding hydrogens is 144 g/mol. The van der Waals surface area contributed by atoms with Crippen molar-refractivity contribution in [1.82, 2.24) is 0 Å². The predicted octanol–water partition coefficient (Wildman–Crippen LogP) is 1.87. The molecule has 62 valence electrons. The Morgan fingerprint density at radius 1 is 1.10 bits per heavy atom. The Balaban J connectivity index is 3.04. The smallest absolute Gasteiger partial charge is 0.183 e. The van der Waals surface area contributed by atoms with Crippen molar-refractivity contribution in [2.75, 3.05) is 19.8 Å². The molecule has 10 heavy (non-hydrogen) atoms. The van der Waals surface area contributed by atoms with E-state index in [1.807, 2.05) is 6.92 Å². The lowest BCUT2D eigenvalue weighted by Gasteiger charge is -2.16. The van der Waals surface area contributed by atoms with E-state index in [1.54, 1.807) is 0 Å². The van der Waals surface area contributed by atoms with Crippen LogP contribution in [0.1, 0.15) is 6.92 Å². The highest BCUT2D eigenvalue weighted by atomic mass is 28.4. The summed E-state index contributed by atoms with van der Waals surface area (Å²) < 4.78 is 10.7. The van der Waals surface area contributed by atoms with Crippen LogP contribution in [-0.2, 0) is 9.16 Å². The van der Waals surface area contributed by atoms with Crippen LogP contribution in [0, 0.1) is 0 Å². The zero-order chi connectivity index (χ0) is 8.04. The summed E-state index contributed by atoms with van der Waals surface area (Å²) in [4.78, 5) is 0. The molecule has 0 saturated heterocycles. The van der Waals surface area contributed by atoms with Crippen LogP contribution in [0.2, 0.25) is 19.6 Å². The van der Waals surface area contributed by atoms with E-state index < -0.39 is 8.32 Å². The molecule has 0 aliphatic rings. The van der Waals surface area contributed by atoms with E-state index in [2.05, 4.69) is 19.6 Å². The first-order chi connectivity index (χ1) is 4.56. The van der Waals surface area contributed by atoms with Crippen LogP contribution in [-0.4, -0.2) is 28.1 Å². The van der Waals surface area contributed by atoms with E-state index in [0.29, 0.717) is 0 Å². The molecule has 0 aliphatic carbocycles. The lowest BCUT2D eigenvalue weighted by atomic mass is 10.8. The fourth-order valence-electron chi connectivity index (χ4n) is 0.551. The molecule has 0 spiro atoms. The van der Waals surface area contributed by atoms with Crippen molar-refractivity contribution >= 4 is 8.32 Å². The Kier molecular flexibility index (Phi) is 4.94. The maximum Gasteiger partial charge on any atom is 0.183 e. The van der Waals surface area contributed by atoms with Gasteiger partial charge in [-0.1, -0.05) is 0 Å². The van der Waals surface area contributed by atoms with Crippen molar-refractivity contribution in [2.24, 2.45) is 0 Å². The van der Waals surface area contributed by atoms with Gasteiger partial charge in [-0.05, 0) is 26.6 Å². The normalized spacial score (nSPS) is 12.0. The highest BCUT2D eigenvalue weighted by Crippen LogP contribution is 2.01. The molecule has 0 unspecified atom stereocenters. The van der Waals surface area contributed by atoms with Crippen molar-refractivity contribution in [2.45, 2.75) is 26.6 Å². The molecule has 0 aliphatic heterocycles. The summed E-state index contributed by atoms with van der Waals surface area (Å²) in [6.45, 7) is 10.8. The average molecular weight is 162 g/mol. The molecule has 0 aromatic carbocycles. The average Bonchev–Trinajstić information content (AvgIpc) is 1.78. The number of rotatable bonds is 5. The second-order valence-electron chi connectivity index (χ2n) is 3.16. The lowest BCUT2D eigenvalue weighted by Crippen LogP contribution is -2.27. The van der Waals surface area contributed by atoms with E-state index in [9.17, 15) is 0 Å². The van der Waals surface area contributed by atoms with Gasteiger partial charge in [0.25, 0.3) is 0 Å². The third-order valence-corrected chi connectivity index (χ3v) is 2.04. The van der Waals surface area contributed by atoms with Gasteiger partial charge in [0.1, 0.15) is 0 Å². The van der Waals surface area contributed by atoms with Crippen LogP contribution < -0.4 is 0 Å². The monoisotopic (exact) mass is 162 g/mol. The molecule has 0 aromatic rings. The summed E-state index contributed by atoms with van der Waals surface area (Å²) in [5.41, 5.74) is 0. The van der Waals surface area contributed by atoms with Crippen LogP contribution in [0.15, 0.2) is 0 Å². The Bertz CT molecular complexity index is 78.2. The molecule has 0 bridgehead atoms. The molecule has 0 heterocycles. The minimum atomic E-state index is -1.29. The number of ether oxygens (including phenoxy) is 1. The lowest BCUT2D eigenvalue weighted by molar-refractivity contribution is 0.108. The summed E-state index contributed by atoms with van der Waals surface area (Å²) >= 11 is 0. The van der Waals surface area contributed by atoms with E-state index in [-0.39, 0.29) is 0 Å². The van der Waals surface area contributed by atoms with Crippen LogP contribution in [0.4, 0.5) is 0 Å². The fraction of sp³-hybridized carbons (Fsp3) is 1.00. The Morgan fingerprint density at radius 2 is 1.70 bits per heavy atom. The SMILES string of the molecule is CCOCCO[Si](C)(C)C. The van der Waals surface area contributed by atoms with Crippen molar-refractivity contribution in [3.05, 3.63) is 0 Å². The molecule has 3 heteroatoms. The van der Waals surface area contributed by atoms with Gasteiger partial charge in [-0.25, -0.2) is 0 Å². The molecule has 0 aromatic heterocycles. The Hall–Kier alpha value is 0.137. The summed E-state index contributed by atoms with van der Waals surface area (Å²) in [5, 5.41) is 0. The minimum absolute atomic E-state index is 0.737. The highest BCUT2D eigenvalue weighted by molar-refractivity contribution is 6.69. The largest absolute Gasteiger partial charge is 0.415 e. The molecule has 0 rings (SSSR count). The molecular formula is C7H18O2Si. The van der Waals surface area contributed by atoms with Gasteiger partial charge < -0.3 is 9.16 Å². The summed E-state index contributed by atoms with van der Waals surface area (Å²) in [6.07, 6.45) is 0. The minimum Gasteiger partial charge on any atom is -0.415 e. The summed E-state index contributed by atoms with van der Waals surface area (Å²) in [5.74, 6) is 0. The van der Waals surface area contributed by atoms with Gasteiger partial charge in [0.15, 0.2) is 8.32 Å². The maximum absolute atomic E-state index is 5.55. The standard InChI is InChI=1S/C7H18O2Si/c1-5-8-6-7-9-10(2,3)4/h5-7H2,1-4H3. The van der Waals surface area contributed by atoms with Gasteiger partial charge in [0.2, 0.25) is 0 Å². The molecule has 0 fully saturated rings. The molecule has 0 radical (unpaired) electrons. The van der Waals surface area contributed by atoms with Crippen LogP contribution >= 0.6 is 0 Å². The van der Waals surface area contributed by atoms with Gasteiger partial charge in [-0.2, -0.15) is 0 Å². The van der Waals surface area contributed by atoms with Crippen LogP contribution in [0.25, 0.3) is 0 Å². The van der Waals surface area contributed by atoms with Crippen molar-refractivity contribution in [3.8, 4) is 0 Å². The van der Waals surface area contributed by atoms with Gasteiger partial charge in [-0.3, -0.25) is 0 Å². The second-order valence-corrected chi connectivity index (χ2v) is 7.67. The Morgan fingerprint density at radius 3 is 2.10 bits per heavy atom. The van der Waals surface area contributed by atoms with Gasteiger partial charge in [0.05, 0.1) is 13.2 Å². The molecule has 0 atom stereocenters. The first-order valence-corrected chi connectivity index (χ1v) is 7.19. The predicted molar refractivity (Wildman–Crippen MR) is 45.8 cm³/mol. The zero-order valence-electron chi connectivity index (χ0n) is 7.44. The highest BCUT2D eigenvalue weighted by Gasteiger charge is 2.12. The second kappa shape index (κ2) is 4.88. The quantitative estimate of drug-likeness (QED) is 0.454. The maximum atomic E-state index is 5.55. The summed E-state index contributed by atoms with van der Waals surface area (Å²) in [7, 11) is -1.29. The van der Waals surface area contributed by atoms with E-state index in [0.717, 1.165) is 19.8 Å². The third kappa shape index (κ3) is 8.14. The van der Waals surface area contributed by atoms with Gasteiger partial charge in [-0.15, -0.1) is 0 Å². The fourth-order valence-corrected chi connectivity index (χ4v) is 1.25. The zero-order valence-corrected chi connectivity index (χ0v) is 8.44. The van der Waals surface area contributed by atoms with Crippen molar-refractivity contribution in [1.29, 1.82) is 0 Å². The van der Waals surface area contributed by atoms with Gasteiger partial charge in [0, 0.05) is 6.61 Å². The Labute approximate surface area is 64.7 Å². The van der Waals surface area contributed by atoms with Crippen LogP contribution in [0.5, 0.6) is 0 Å². The molecule has 0 amide bonds. The van der Waals surface area contributed by atoms with E-state index in [4.69, 9.17) is 9.16 Å². The molecule has 2 nitrogen and oxygen atoms in total. The van der Waals surface area contributed by atoms with Crippen molar-refractivity contribution < 1.29 is 9.16 Å². The van der Waals surface area contributed by atoms with E-state index in [1.165, 1.54) is 0 Å². The molecule has 0 saturated carbocycles. The van der Waals surface area contributed by atoms with E-state index >= 15 is 0 Å². The molecule has 0 N–H and O–H groups in total. The van der Waals surface area contributed by atoms with Gasteiger partial charge >= 0.3 is 0 Å². The first kappa shape index (κ1) is 10.1. The third-order valence-electron chi connectivity index (χ3n) is 0.967. The number of hydrogen-bond acceptors (Lipinski definition) is 2. The topological polar surface area (TPSA) is 18.5 Å². The number of hydrogen-bond donors (Lipinski definition) is 0. The van der Waals surface area contributed by atoms with Crippen molar-refractivity contribution in [3.63, 3.8) is 0 Å². The van der Waals surface area contributed by atoms with Crippen LogP contribution in [0.3, 0.4) is 0 Å². The first-order valence-electron chi connectivity index (χ1n) is 3.78. The summed E-state index contributed by atoms with van der Waals surface area (Å²) in [6, 6.07) is 0.